The second-order valence-corrected chi connectivity index (χ2v) is 4.00. The van der Waals surface area contributed by atoms with Gasteiger partial charge in [-0.05, 0) is 0 Å². The maximum atomic E-state index is 9.88. The van der Waals surface area contributed by atoms with E-state index in [2.05, 4.69) is 0 Å². The van der Waals surface area contributed by atoms with Crippen molar-refractivity contribution in [3.63, 3.8) is 0 Å². The van der Waals surface area contributed by atoms with Gasteiger partial charge in [0.15, 0.2) is 6.29 Å². The third-order valence-corrected chi connectivity index (χ3v) is 2.89. The summed E-state index contributed by atoms with van der Waals surface area (Å²) in [5.74, 6) is -0.125. The molecule has 1 saturated heterocycles. The average molecular weight is 235 g/mol. The van der Waals surface area contributed by atoms with Crippen molar-refractivity contribution in [1.29, 1.82) is 0 Å². The second-order valence-electron chi connectivity index (χ2n) is 4.00. The van der Waals surface area contributed by atoms with Gasteiger partial charge in [0, 0.05) is 13.0 Å². The predicted octanol–water partition coefficient (Wildman–Crippen LogP) is -1.31. The van der Waals surface area contributed by atoms with Gasteiger partial charge in [-0.2, -0.15) is 0 Å². The fourth-order valence-corrected chi connectivity index (χ4v) is 1.79. The van der Waals surface area contributed by atoms with E-state index in [1.54, 1.807) is 0 Å². The maximum Gasteiger partial charge on any atom is 0.175 e. The number of nitrogens with two attached hydrogens (primary N) is 1. The fraction of sp³-hybridized carbons (Fsp3) is 1.00. The predicted molar refractivity (Wildman–Crippen MR) is 56.7 cm³/mol. The van der Waals surface area contributed by atoms with Gasteiger partial charge in [0.25, 0.3) is 0 Å². The van der Waals surface area contributed by atoms with Gasteiger partial charge in [0.2, 0.25) is 0 Å². The van der Waals surface area contributed by atoms with Crippen molar-refractivity contribution in [2.24, 2.45) is 11.7 Å². The number of hydrogen-bond donors (Lipinski definition) is 3. The molecule has 6 nitrogen and oxygen atoms in total. The molecule has 5 atom stereocenters. The van der Waals surface area contributed by atoms with E-state index in [4.69, 9.17) is 25.1 Å². The molecule has 1 aliphatic heterocycles. The van der Waals surface area contributed by atoms with E-state index in [1.165, 1.54) is 7.11 Å². The van der Waals surface area contributed by atoms with Crippen LogP contribution in [0, 0.1) is 5.92 Å². The van der Waals surface area contributed by atoms with Crippen LogP contribution in [0.3, 0.4) is 0 Å². The lowest BCUT2D eigenvalue weighted by atomic mass is 9.90. The Hall–Kier alpha value is -0.240. The zero-order valence-electron chi connectivity index (χ0n) is 9.70. The molecule has 96 valence electrons. The molecule has 0 aromatic carbocycles. The molecular weight excluding hydrogens is 214 g/mol. The third-order valence-electron chi connectivity index (χ3n) is 2.89. The molecule has 16 heavy (non-hydrogen) atoms. The van der Waals surface area contributed by atoms with Crippen LogP contribution in [-0.4, -0.2) is 61.7 Å². The lowest BCUT2D eigenvalue weighted by Crippen LogP contribution is -2.59. The van der Waals surface area contributed by atoms with Gasteiger partial charge in [-0.1, -0.05) is 6.92 Å². The van der Waals surface area contributed by atoms with Crippen LogP contribution in [0.25, 0.3) is 0 Å². The molecule has 0 spiro atoms. The summed E-state index contributed by atoms with van der Waals surface area (Å²) in [6.07, 6.45) is -1.57. The molecule has 0 bridgehead atoms. The maximum absolute atomic E-state index is 9.88. The largest absolute Gasteiger partial charge is 0.394 e. The number of aliphatic hydroxyl groups is 2. The zero-order chi connectivity index (χ0) is 12.1. The minimum absolute atomic E-state index is 0.0309. The number of aliphatic hydroxyl groups excluding tert-OH is 2. The molecule has 1 heterocycles. The zero-order valence-corrected chi connectivity index (χ0v) is 9.70. The Balaban J connectivity index is 2.50. The molecule has 0 radical (unpaired) electrons. The van der Waals surface area contributed by atoms with Crippen molar-refractivity contribution >= 4 is 0 Å². The highest BCUT2D eigenvalue weighted by Crippen LogP contribution is 2.25. The topological polar surface area (TPSA) is 94.2 Å². The van der Waals surface area contributed by atoms with E-state index in [0.717, 1.165) is 0 Å². The van der Waals surface area contributed by atoms with Gasteiger partial charge in [-0.15, -0.1) is 0 Å². The van der Waals surface area contributed by atoms with Crippen LogP contribution in [-0.2, 0) is 14.2 Å². The molecule has 0 aliphatic carbocycles. The molecule has 4 N–H and O–H groups in total. The Labute approximate surface area is 95.3 Å². The molecule has 1 aliphatic rings. The van der Waals surface area contributed by atoms with Gasteiger partial charge in [0.05, 0.1) is 38.1 Å². The van der Waals surface area contributed by atoms with Crippen LogP contribution >= 0.6 is 0 Å². The van der Waals surface area contributed by atoms with Crippen LogP contribution in [0.1, 0.15) is 6.92 Å². The SMILES string of the molecule is CO[C@@H]1OC(COCCO)[C@H](C)[C@H](O)C1N. The van der Waals surface area contributed by atoms with Crippen LogP contribution < -0.4 is 5.73 Å². The second kappa shape index (κ2) is 6.48. The highest BCUT2D eigenvalue weighted by atomic mass is 16.7. The molecule has 2 unspecified atom stereocenters. The van der Waals surface area contributed by atoms with E-state index >= 15 is 0 Å². The van der Waals surface area contributed by atoms with Gasteiger partial charge in [-0.3, -0.25) is 0 Å². The summed E-state index contributed by atoms with van der Waals surface area (Å²) in [4.78, 5) is 0. The Bertz CT molecular complexity index is 202. The molecule has 1 fully saturated rings. The van der Waals surface area contributed by atoms with Crippen molar-refractivity contribution in [3.8, 4) is 0 Å². The third kappa shape index (κ3) is 3.13. The van der Waals surface area contributed by atoms with E-state index < -0.39 is 18.4 Å². The Morgan fingerprint density at radius 2 is 2.12 bits per heavy atom. The summed E-state index contributed by atoms with van der Waals surface area (Å²) in [7, 11) is 1.48. The summed E-state index contributed by atoms with van der Waals surface area (Å²) in [5, 5.41) is 18.5. The van der Waals surface area contributed by atoms with Crippen LogP contribution in [0.5, 0.6) is 0 Å². The number of hydrogen-bond acceptors (Lipinski definition) is 6. The molecule has 0 amide bonds. The van der Waals surface area contributed by atoms with Crippen LogP contribution in [0.15, 0.2) is 0 Å². The smallest absolute Gasteiger partial charge is 0.175 e. The Morgan fingerprint density at radius 3 is 2.69 bits per heavy atom. The standard InChI is InChI=1S/C10H21NO5/c1-6-7(5-15-4-3-12)16-10(14-2)8(11)9(6)13/h6-10,12-13H,3-5,11H2,1-2H3/t6-,7?,8?,9-,10+/m0/s1. The highest BCUT2D eigenvalue weighted by Gasteiger charge is 2.41. The Morgan fingerprint density at radius 1 is 1.44 bits per heavy atom. The van der Waals surface area contributed by atoms with E-state index in [9.17, 15) is 5.11 Å². The first-order valence-corrected chi connectivity index (χ1v) is 5.42. The summed E-state index contributed by atoms with van der Waals surface area (Å²) >= 11 is 0. The first-order valence-electron chi connectivity index (χ1n) is 5.42. The number of ether oxygens (including phenoxy) is 3. The van der Waals surface area contributed by atoms with E-state index in [1.807, 2.05) is 6.92 Å². The minimum Gasteiger partial charge on any atom is -0.394 e. The monoisotopic (exact) mass is 235 g/mol. The van der Waals surface area contributed by atoms with Gasteiger partial charge in [-0.25, -0.2) is 0 Å². The van der Waals surface area contributed by atoms with E-state index in [0.29, 0.717) is 6.61 Å². The van der Waals surface area contributed by atoms with Crippen molar-refractivity contribution in [2.45, 2.75) is 31.5 Å². The summed E-state index contributed by atoms with van der Waals surface area (Å²) < 4.78 is 15.8. The summed E-state index contributed by atoms with van der Waals surface area (Å²) in [5.41, 5.74) is 5.76. The average Bonchev–Trinajstić information content (AvgIpc) is 2.29. The Kier molecular flexibility index (Phi) is 5.60. The van der Waals surface area contributed by atoms with Crippen molar-refractivity contribution in [1.82, 2.24) is 0 Å². The first-order chi connectivity index (χ1) is 7.61. The molecule has 1 rings (SSSR count). The van der Waals surface area contributed by atoms with E-state index in [-0.39, 0.29) is 25.2 Å². The summed E-state index contributed by atoms with van der Waals surface area (Å²) in [6, 6.07) is -0.547. The lowest BCUT2D eigenvalue weighted by molar-refractivity contribution is -0.243. The summed E-state index contributed by atoms with van der Waals surface area (Å²) in [6.45, 7) is 2.39. The van der Waals surface area contributed by atoms with Crippen molar-refractivity contribution in [2.75, 3.05) is 26.9 Å². The highest BCUT2D eigenvalue weighted by molar-refractivity contribution is 4.89. The first kappa shape index (κ1) is 13.8. The minimum atomic E-state index is -0.679. The normalized spacial score (nSPS) is 39.9. The molecule has 0 saturated carbocycles. The van der Waals surface area contributed by atoms with Gasteiger partial charge < -0.3 is 30.2 Å². The number of methoxy groups -OCH3 is 1. The molecule has 6 heteroatoms. The molecule has 0 aromatic rings. The van der Waals surface area contributed by atoms with Crippen molar-refractivity contribution < 1.29 is 24.4 Å². The van der Waals surface area contributed by atoms with Gasteiger partial charge >= 0.3 is 0 Å². The lowest BCUT2D eigenvalue weighted by Gasteiger charge is -2.41. The molecule has 0 aromatic heterocycles. The van der Waals surface area contributed by atoms with Crippen LogP contribution in [0.2, 0.25) is 0 Å². The van der Waals surface area contributed by atoms with Crippen LogP contribution in [0.4, 0.5) is 0 Å². The molecular formula is C10H21NO5. The number of rotatable bonds is 5. The quantitative estimate of drug-likeness (QED) is 0.512. The van der Waals surface area contributed by atoms with Crippen molar-refractivity contribution in [3.05, 3.63) is 0 Å². The van der Waals surface area contributed by atoms with Gasteiger partial charge in [0.1, 0.15) is 0 Å². The fourth-order valence-electron chi connectivity index (χ4n) is 1.79.